The summed E-state index contributed by atoms with van der Waals surface area (Å²) in [5.41, 5.74) is 6.55. The Kier molecular flexibility index (Phi) is 6.67. The van der Waals surface area contributed by atoms with E-state index in [0.717, 1.165) is 13.0 Å². The number of halogens is 1. The first-order valence-corrected chi connectivity index (χ1v) is 6.79. The molecule has 1 amide bonds. The Bertz CT molecular complexity index is 422. The first-order chi connectivity index (χ1) is 9.00. The third kappa shape index (κ3) is 5.94. The molecule has 0 radical (unpaired) electrons. The third-order valence-corrected chi connectivity index (χ3v) is 2.97. The van der Waals surface area contributed by atoms with Gasteiger partial charge in [0.25, 0.3) is 5.91 Å². The van der Waals surface area contributed by atoms with E-state index in [-0.39, 0.29) is 5.91 Å². The van der Waals surface area contributed by atoms with Gasteiger partial charge in [0.2, 0.25) is 0 Å². The van der Waals surface area contributed by atoms with Crippen LogP contribution in [0.3, 0.4) is 0 Å². The Hall–Kier alpha value is -1.26. The molecule has 0 aliphatic heterocycles. The highest BCUT2D eigenvalue weighted by Gasteiger charge is 2.06. The topological polar surface area (TPSA) is 64.3 Å². The summed E-state index contributed by atoms with van der Waals surface area (Å²) < 4.78 is 5.41. The van der Waals surface area contributed by atoms with Crippen molar-refractivity contribution in [2.75, 3.05) is 25.5 Å². The van der Waals surface area contributed by atoms with Crippen molar-refractivity contribution >= 4 is 23.2 Å². The van der Waals surface area contributed by atoms with Gasteiger partial charge in [-0.15, -0.1) is 0 Å². The number of anilines is 1. The van der Waals surface area contributed by atoms with Gasteiger partial charge in [0.1, 0.15) is 0 Å². The second kappa shape index (κ2) is 8.02. The van der Waals surface area contributed by atoms with Gasteiger partial charge in [-0.3, -0.25) is 4.79 Å². The highest BCUT2D eigenvalue weighted by atomic mass is 35.5. The Morgan fingerprint density at radius 2 is 2.16 bits per heavy atom. The van der Waals surface area contributed by atoms with Crippen LogP contribution in [-0.4, -0.2) is 25.7 Å². The average Bonchev–Trinajstić information content (AvgIpc) is 2.36. The Morgan fingerprint density at radius 3 is 2.79 bits per heavy atom. The average molecular weight is 285 g/mol. The van der Waals surface area contributed by atoms with Gasteiger partial charge in [-0.1, -0.05) is 25.4 Å². The molecule has 0 spiro atoms. The monoisotopic (exact) mass is 284 g/mol. The summed E-state index contributed by atoms with van der Waals surface area (Å²) in [7, 11) is 0. The Balaban J connectivity index is 2.26. The molecule has 1 aromatic rings. The SMILES string of the molecule is CC(C)CCOCCNC(=O)c1ccc(Cl)c(N)c1. The van der Waals surface area contributed by atoms with E-state index in [2.05, 4.69) is 19.2 Å². The number of carbonyl (C=O) groups is 1. The van der Waals surface area contributed by atoms with Gasteiger partial charge in [-0.2, -0.15) is 0 Å². The standard InChI is InChI=1S/C14H21ClN2O2/c1-10(2)5-7-19-8-6-17-14(18)11-3-4-12(15)13(16)9-11/h3-4,9-10H,5-8,16H2,1-2H3,(H,17,18). The lowest BCUT2D eigenvalue weighted by molar-refractivity contribution is 0.0906. The molecule has 0 unspecified atom stereocenters. The van der Waals surface area contributed by atoms with E-state index >= 15 is 0 Å². The number of carbonyl (C=O) groups excluding carboxylic acids is 1. The maximum atomic E-state index is 11.8. The minimum atomic E-state index is -0.171. The predicted octanol–water partition coefficient (Wildman–Crippen LogP) is 2.71. The van der Waals surface area contributed by atoms with Crippen molar-refractivity contribution in [1.82, 2.24) is 5.32 Å². The minimum absolute atomic E-state index is 0.171. The number of nitrogens with two attached hydrogens (primary N) is 1. The number of nitrogens with one attached hydrogen (secondary N) is 1. The molecule has 5 heteroatoms. The summed E-state index contributed by atoms with van der Waals surface area (Å²) in [6.45, 7) is 6.02. The number of benzene rings is 1. The summed E-state index contributed by atoms with van der Waals surface area (Å²) in [5, 5.41) is 3.22. The van der Waals surface area contributed by atoms with Gasteiger partial charge in [0.05, 0.1) is 17.3 Å². The molecule has 0 saturated heterocycles. The molecule has 0 aromatic heterocycles. The Morgan fingerprint density at radius 1 is 1.42 bits per heavy atom. The van der Waals surface area contributed by atoms with Crippen LogP contribution in [-0.2, 0) is 4.74 Å². The molecule has 0 bridgehead atoms. The molecule has 19 heavy (non-hydrogen) atoms. The minimum Gasteiger partial charge on any atom is -0.398 e. The molecule has 1 rings (SSSR count). The lowest BCUT2D eigenvalue weighted by Crippen LogP contribution is -2.27. The maximum Gasteiger partial charge on any atom is 0.251 e. The van der Waals surface area contributed by atoms with E-state index in [4.69, 9.17) is 22.1 Å². The zero-order chi connectivity index (χ0) is 14.3. The van der Waals surface area contributed by atoms with Crippen LogP contribution in [0.1, 0.15) is 30.6 Å². The van der Waals surface area contributed by atoms with Gasteiger partial charge in [0.15, 0.2) is 0 Å². The summed E-state index contributed by atoms with van der Waals surface area (Å²) in [5.74, 6) is 0.461. The van der Waals surface area contributed by atoms with E-state index in [0.29, 0.717) is 35.3 Å². The van der Waals surface area contributed by atoms with E-state index < -0.39 is 0 Å². The van der Waals surface area contributed by atoms with Crippen LogP contribution < -0.4 is 11.1 Å². The molecule has 0 atom stereocenters. The van der Waals surface area contributed by atoms with Crippen LogP contribution in [0.25, 0.3) is 0 Å². The van der Waals surface area contributed by atoms with Crippen LogP contribution in [0, 0.1) is 5.92 Å². The summed E-state index contributed by atoms with van der Waals surface area (Å²) in [6, 6.07) is 4.83. The molecule has 0 saturated carbocycles. The fourth-order valence-corrected chi connectivity index (χ4v) is 1.56. The van der Waals surface area contributed by atoms with Crippen molar-refractivity contribution in [1.29, 1.82) is 0 Å². The molecule has 106 valence electrons. The van der Waals surface area contributed by atoms with E-state index in [9.17, 15) is 4.79 Å². The van der Waals surface area contributed by atoms with E-state index in [1.54, 1.807) is 18.2 Å². The second-order valence-electron chi connectivity index (χ2n) is 4.79. The third-order valence-electron chi connectivity index (χ3n) is 2.63. The van der Waals surface area contributed by atoms with Crippen LogP contribution in [0.4, 0.5) is 5.69 Å². The first-order valence-electron chi connectivity index (χ1n) is 6.41. The number of nitrogen functional groups attached to an aromatic ring is 1. The second-order valence-corrected chi connectivity index (χ2v) is 5.19. The van der Waals surface area contributed by atoms with Crippen LogP contribution in [0.2, 0.25) is 5.02 Å². The zero-order valence-corrected chi connectivity index (χ0v) is 12.2. The maximum absolute atomic E-state index is 11.8. The highest BCUT2D eigenvalue weighted by molar-refractivity contribution is 6.33. The summed E-state index contributed by atoms with van der Waals surface area (Å²) in [6.07, 6.45) is 1.03. The van der Waals surface area contributed by atoms with Crippen molar-refractivity contribution < 1.29 is 9.53 Å². The van der Waals surface area contributed by atoms with E-state index in [1.807, 2.05) is 0 Å². The fourth-order valence-electron chi connectivity index (χ4n) is 1.44. The molecule has 0 aliphatic carbocycles. The number of ether oxygens (including phenoxy) is 1. The van der Waals surface area contributed by atoms with Gasteiger partial charge in [-0.25, -0.2) is 0 Å². The lowest BCUT2D eigenvalue weighted by Gasteiger charge is -2.08. The van der Waals surface area contributed by atoms with Crippen molar-refractivity contribution in [2.45, 2.75) is 20.3 Å². The molecular weight excluding hydrogens is 264 g/mol. The van der Waals surface area contributed by atoms with Crippen molar-refractivity contribution in [3.05, 3.63) is 28.8 Å². The zero-order valence-electron chi connectivity index (χ0n) is 11.4. The van der Waals surface area contributed by atoms with Crippen molar-refractivity contribution in [2.24, 2.45) is 5.92 Å². The Labute approximate surface area is 119 Å². The van der Waals surface area contributed by atoms with Crippen LogP contribution in [0.5, 0.6) is 0 Å². The van der Waals surface area contributed by atoms with Gasteiger partial charge >= 0.3 is 0 Å². The van der Waals surface area contributed by atoms with Crippen LogP contribution >= 0.6 is 11.6 Å². The largest absolute Gasteiger partial charge is 0.398 e. The smallest absolute Gasteiger partial charge is 0.251 e. The molecule has 1 aromatic carbocycles. The molecule has 4 nitrogen and oxygen atoms in total. The molecule has 3 N–H and O–H groups in total. The number of hydrogen-bond donors (Lipinski definition) is 2. The highest BCUT2D eigenvalue weighted by Crippen LogP contribution is 2.19. The van der Waals surface area contributed by atoms with Gasteiger partial charge in [-0.05, 0) is 30.5 Å². The van der Waals surface area contributed by atoms with Crippen molar-refractivity contribution in [3.63, 3.8) is 0 Å². The molecular formula is C14H21ClN2O2. The molecule has 0 heterocycles. The number of amides is 1. The van der Waals surface area contributed by atoms with Gasteiger partial charge < -0.3 is 15.8 Å². The van der Waals surface area contributed by atoms with E-state index in [1.165, 1.54) is 0 Å². The normalized spacial score (nSPS) is 10.7. The first kappa shape index (κ1) is 15.8. The quantitative estimate of drug-likeness (QED) is 0.598. The van der Waals surface area contributed by atoms with Crippen molar-refractivity contribution in [3.8, 4) is 0 Å². The van der Waals surface area contributed by atoms with Gasteiger partial charge in [0, 0.05) is 18.7 Å². The number of rotatable bonds is 7. The summed E-state index contributed by atoms with van der Waals surface area (Å²) in [4.78, 5) is 11.8. The molecule has 0 fully saturated rings. The lowest BCUT2D eigenvalue weighted by atomic mass is 10.1. The molecule has 0 aliphatic rings. The fraction of sp³-hybridized carbons (Fsp3) is 0.500. The number of hydrogen-bond acceptors (Lipinski definition) is 3. The summed E-state index contributed by atoms with van der Waals surface area (Å²) >= 11 is 5.80. The predicted molar refractivity (Wildman–Crippen MR) is 78.5 cm³/mol. The van der Waals surface area contributed by atoms with Crippen LogP contribution in [0.15, 0.2) is 18.2 Å².